The van der Waals surface area contributed by atoms with Crippen LogP contribution in [0.2, 0.25) is 0 Å². The van der Waals surface area contributed by atoms with Gasteiger partial charge < -0.3 is 11.1 Å². The quantitative estimate of drug-likeness (QED) is 0.544. The van der Waals surface area contributed by atoms with Crippen molar-refractivity contribution in [2.24, 2.45) is 5.73 Å². The van der Waals surface area contributed by atoms with Crippen molar-refractivity contribution in [1.82, 2.24) is 5.32 Å². The molecule has 0 radical (unpaired) electrons. The molecule has 1 aliphatic heterocycles. The summed E-state index contributed by atoms with van der Waals surface area (Å²) in [7, 11) is -2.95. The van der Waals surface area contributed by atoms with Crippen LogP contribution in [0.1, 0.15) is 12.8 Å². The second kappa shape index (κ2) is 3.08. The minimum atomic E-state index is -2.95. The molecule has 3 N–H and O–H groups in total. The Hall–Kier alpha value is -0.130. The summed E-state index contributed by atoms with van der Waals surface area (Å²) < 4.78 is 22.0. The Labute approximate surface area is 67.1 Å². The topological polar surface area (TPSA) is 72.2 Å². The molecule has 0 aromatic heterocycles. The van der Waals surface area contributed by atoms with Crippen molar-refractivity contribution < 1.29 is 8.42 Å². The van der Waals surface area contributed by atoms with Crippen molar-refractivity contribution in [3.63, 3.8) is 0 Å². The molecule has 1 fully saturated rings. The molecule has 0 aromatic carbocycles. The highest BCUT2D eigenvalue weighted by molar-refractivity contribution is 7.91. The third-order valence-corrected chi connectivity index (χ3v) is 3.31. The molecule has 1 saturated heterocycles. The molecule has 1 rings (SSSR count). The van der Waals surface area contributed by atoms with Gasteiger partial charge in [-0.2, -0.15) is 0 Å². The van der Waals surface area contributed by atoms with Crippen LogP contribution in [0.15, 0.2) is 0 Å². The number of hydrogen-bond donors (Lipinski definition) is 2. The van der Waals surface area contributed by atoms with Crippen molar-refractivity contribution in [3.8, 4) is 0 Å². The van der Waals surface area contributed by atoms with Crippen LogP contribution in [0.4, 0.5) is 0 Å². The van der Waals surface area contributed by atoms with E-state index in [0.29, 0.717) is 13.0 Å². The predicted molar refractivity (Wildman–Crippen MR) is 43.8 cm³/mol. The fourth-order valence-corrected chi connectivity index (χ4v) is 2.25. The lowest BCUT2D eigenvalue weighted by molar-refractivity contribution is 0.417. The molecule has 11 heavy (non-hydrogen) atoms. The molecule has 0 amide bonds. The van der Waals surface area contributed by atoms with E-state index < -0.39 is 15.2 Å². The van der Waals surface area contributed by atoms with E-state index in [1.807, 2.05) is 0 Å². The zero-order valence-electron chi connectivity index (χ0n) is 6.58. The van der Waals surface area contributed by atoms with Crippen molar-refractivity contribution in [2.75, 3.05) is 12.8 Å². The first-order valence-electron chi connectivity index (χ1n) is 3.68. The Morgan fingerprint density at radius 1 is 1.55 bits per heavy atom. The maximum absolute atomic E-state index is 11.0. The van der Waals surface area contributed by atoms with Crippen LogP contribution in [0.25, 0.3) is 0 Å². The number of piperidine rings is 1. The first-order valence-corrected chi connectivity index (χ1v) is 5.63. The number of rotatable bonds is 1. The van der Waals surface area contributed by atoms with E-state index in [2.05, 4.69) is 5.32 Å². The second-order valence-electron chi connectivity index (χ2n) is 3.06. The van der Waals surface area contributed by atoms with Gasteiger partial charge in [0.1, 0.15) is 5.37 Å². The summed E-state index contributed by atoms with van der Waals surface area (Å²) in [5, 5.41) is 2.50. The van der Waals surface area contributed by atoms with Gasteiger partial charge in [-0.1, -0.05) is 0 Å². The van der Waals surface area contributed by atoms with E-state index in [1.165, 1.54) is 6.26 Å². The third kappa shape index (κ3) is 2.43. The lowest BCUT2D eigenvalue weighted by atomic mass is 10.1. The summed E-state index contributed by atoms with van der Waals surface area (Å²) in [4.78, 5) is 0. The van der Waals surface area contributed by atoms with Crippen LogP contribution in [-0.4, -0.2) is 32.6 Å². The molecule has 2 unspecified atom stereocenters. The predicted octanol–water partition coefficient (Wildman–Crippen LogP) is -0.932. The average Bonchev–Trinajstić information content (AvgIpc) is 1.86. The van der Waals surface area contributed by atoms with Crippen molar-refractivity contribution in [3.05, 3.63) is 0 Å². The summed E-state index contributed by atoms with van der Waals surface area (Å²) in [6, 6.07) is 0.0379. The van der Waals surface area contributed by atoms with Gasteiger partial charge in [-0.05, 0) is 19.4 Å². The molecular formula is C6H14N2O2S. The fraction of sp³-hybridized carbons (Fsp3) is 1.00. The lowest BCUT2D eigenvalue weighted by Gasteiger charge is -2.26. The SMILES string of the molecule is CS(=O)(=O)C1CC(N)CCN1. The van der Waals surface area contributed by atoms with Gasteiger partial charge in [0.2, 0.25) is 0 Å². The van der Waals surface area contributed by atoms with E-state index in [1.54, 1.807) is 0 Å². The molecule has 4 nitrogen and oxygen atoms in total. The maximum Gasteiger partial charge on any atom is 0.163 e. The van der Waals surface area contributed by atoms with Gasteiger partial charge in [0, 0.05) is 12.3 Å². The lowest BCUT2D eigenvalue weighted by Crippen LogP contribution is -2.47. The standard InChI is InChI=1S/C6H14N2O2S/c1-11(9,10)6-4-5(7)2-3-8-6/h5-6,8H,2-4,7H2,1H3. The highest BCUT2D eigenvalue weighted by atomic mass is 32.2. The van der Waals surface area contributed by atoms with E-state index in [0.717, 1.165) is 6.42 Å². The van der Waals surface area contributed by atoms with Crippen LogP contribution >= 0.6 is 0 Å². The van der Waals surface area contributed by atoms with Crippen molar-refractivity contribution in [1.29, 1.82) is 0 Å². The maximum atomic E-state index is 11.0. The zero-order chi connectivity index (χ0) is 8.48. The summed E-state index contributed by atoms with van der Waals surface area (Å²) in [6.07, 6.45) is 2.65. The third-order valence-electron chi connectivity index (χ3n) is 1.92. The molecule has 5 heteroatoms. The van der Waals surface area contributed by atoms with Crippen LogP contribution in [-0.2, 0) is 9.84 Å². The van der Waals surface area contributed by atoms with Crippen LogP contribution in [0, 0.1) is 0 Å². The molecule has 0 saturated carbocycles. The number of sulfone groups is 1. The van der Waals surface area contributed by atoms with E-state index in [-0.39, 0.29) is 6.04 Å². The Morgan fingerprint density at radius 3 is 2.55 bits per heavy atom. The Morgan fingerprint density at radius 2 is 2.18 bits per heavy atom. The van der Waals surface area contributed by atoms with Crippen LogP contribution in [0.5, 0.6) is 0 Å². The molecule has 0 bridgehead atoms. The first-order chi connectivity index (χ1) is 5.00. The van der Waals surface area contributed by atoms with Gasteiger partial charge in [-0.3, -0.25) is 0 Å². The molecule has 0 aliphatic carbocycles. The van der Waals surface area contributed by atoms with Gasteiger partial charge in [-0.25, -0.2) is 8.42 Å². The summed E-state index contributed by atoms with van der Waals surface area (Å²) in [5.41, 5.74) is 5.62. The Balaban J connectivity index is 2.60. The van der Waals surface area contributed by atoms with Crippen molar-refractivity contribution in [2.45, 2.75) is 24.3 Å². The minimum absolute atomic E-state index is 0.0379. The molecule has 0 aromatic rings. The van der Waals surface area contributed by atoms with Gasteiger partial charge in [0.15, 0.2) is 9.84 Å². The summed E-state index contributed by atoms with van der Waals surface area (Å²) in [5.74, 6) is 0. The minimum Gasteiger partial charge on any atom is -0.328 e. The molecule has 1 aliphatic rings. The average molecular weight is 178 g/mol. The monoisotopic (exact) mass is 178 g/mol. The molecular weight excluding hydrogens is 164 g/mol. The zero-order valence-corrected chi connectivity index (χ0v) is 7.39. The molecule has 0 spiro atoms. The van der Waals surface area contributed by atoms with Gasteiger partial charge in [-0.15, -0.1) is 0 Å². The number of hydrogen-bond acceptors (Lipinski definition) is 4. The van der Waals surface area contributed by atoms with Crippen molar-refractivity contribution >= 4 is 9.84 Å². The normalized spacial score (nSPS) is 33.6. The first kappa shape index (κ1) is 8.96. The molecule has 66 valence electrons. The largest absolute Gasteiger partial charge is 0.328 e. The van der Waals surface area contributed by atoms with E-state index in [9.17, 15) is 8.42 Å². The molecule has 2 atom stereocenters. The Bertz CT molecular complexity index is 225. The highest BCUT2D eigenvalue weighted by Gasteiger charge is 2.26. The number of nitrogens with two attached hydrogens (primary N) is 1. The molecule has 1 heterocycles. The Kier molecular flexibility index (Phi) is 2.51. The van der Waals surface area contributed by atoms with Crippen LogP contribution in [0.3, 0.4) is 0 Å². The van der Waals surface area contributed by atoms with Gasteiger partial charge >= 0.3 is 0 Å². The summed E-state index contributed by atoms with van der Waals surface area (Å²) >= 11 is 0. The van der Waals surface area contributed by atoms with E-state index >= 15 is 0 Å². The smallest absolute Gasteiger partial charge is 0.163 e. The highest BCUT2D eigenvalue weighted by Crippen LogP contribution is 2.10. The van der Waals surface area contributed by atoms with Gasteiger partial charge in [0.25, 0.3) is 0 Å². The second-order valence-corrected chi connectivity index (χ2v) is 5.28. The number of nitrogens with one attached hydrogen (secondary N) is 1. The van der Waals surface area contributed by atoms with E-state index in [4.69, 9.17) is 5.73 Å². The van der Waals surface area contributed by atoms with Gasteiger partial charge in [0.05, 0.1) is 0 Å². The van der Waals surface area contributed by atoms with Crippen LogP contribution < -0.4 is 11.1 Å². The fourth-order valence-electron chi connectivity index (χ4n) is 1.23. The summed E-state index contributed by atoms with van der Waals surface area (Å²) in [6.45, 7) is 0.707.